The molecule has 0 aromatic heterocycles. The minimum absolute atomic E-state index is 0.0405. The molecule has 94 valence electrons. The van der Waals surface area contributed by atoms with E-state index in [4.69, 9.17) is 12.2 Å². The van der Waals surface area contributed by atoms with Gasteiger partial charge in [0.25, 0.3) is 5.91 Å². The number of fused-ring (bicyclic) bond motifs is 1. The van der Waals surface area contributed by atoms with Gasteiger partial charge in [0.2, 0.25) is 0 Å². The standard InChI is InChI=1S/C13H14N2OS2/c1-9-15-11(8-18-9)12(16)14(13(15)17)7-10-5-3-2-4-6-10/h2-6,9,11H,7-8H2,1H3/t9?,11-/m0/s1. The highest BCUT2D eigenvalue weighted by Gasteiger charge is 2.48. The summed E-state index contributed by atoms with van der Waals surface area (Å²) in [5, 5.41) is 0.999. The van der Waals surface area contributed by atoms with Crippen molar-refractivity contribution in [3.8, 4) is 0 Å². The van der Waals surface area contributed by atoms with Crippen molar-refractivity contribution in [1.82, 2.24) is 9.80 Å². The maximum absolute atomic E-state index is 12.3. The van der Waals surface area contributed by atoms with Gasteiger partial charge in [-0.05, 0) is 24.7 Å². The van der Waals surface area contributed by atoms with Crippen LogP contribution in [0.5, 0.6) is 0 Å². The van der Waals surface area contributed by atoms with Crippen LogP contribution in [0, 0.1) is 0 Å². The molecule has 1 aromatic rings. The number of carbonyl (C=O) groups is 1. The molecule has 0 bridgehead atoms. The smallest absolute Gasteiger partial charge is 0.252 e. The molecule has 2 aliphatic heterocycles. The van der Waals surface area contributed by atoms with Crippen molar-refractivity contribution in [2.75, 3.05) is 5.75 Å². The SMILES string of the molecule is CC1SC[C@H]2C(=O)N(Cc3ccccc3)C(=S)N12. The number of thioether (sulfide) groups is 1. The second-order valence-electron chi connectivity index (χ2n) is 4.55. The Labute approximate surface area is 116 Å². The highest BCUT2D eigenvalue weighted by Crippen LogP contribution is 2.35. The van der Waals surface area contributed by atoms with E-state index in [-0.39, 0.29) is 11.9 Å². The van der Waals surface area contributed by atoms with Crippen LogP contribution in [0.25, 0.3) is 0 Å². The zero-order valence-corrected chi connectivity index (χ0v) is 11.7. The normalized spacial score (nSPS) is 26.9. The number of carbonyl (C=O) groups excluding carboxylic acids is 1. The Hall–Kier alpha value is -1.07. The van der Waals surface area contributed by atoms with Crippen molar-refractivity contribution in [3.63, 3.8) is 0 Å². The number of amides is 1. The fourth-order valence-corrected chi connectivity index (χ4v) is 4.13. The average molecular weight is 278 g/mol. The third kappa shape index (κ3) is 1.82. The predicted octanol–water partition coefficient (Wildman–Crippen LogP) is 2.08. The molecule has 18 heavy (non-hydrogen) atoms. The van der Waals surface area contributed by atoms with Crippen LogP contribution in [0.1, 0.15) is 12.5 Å². The lowest BCUT2D eigenvalue weighted by Gasteiger charge is -2.22. The molecule has 0 saturated carbocycles. The molecule has 2 atom stereocenters. The summed E-state index contributed by atoms with van der Waals surface area (Å²) in [6, 6.07) is 9.96. The Bertz CT molecular complexity index is 491. The largest absolute Gasteiger partial charge is 0.324 e. The van der Waals surface area contributed by atoms with E-state index in [1.165, 1.54) is 0 Å². The minimum atomic E-state index is -0.0405. The van der Waals surface area contributed by atoms with Crippen molar-refractivity contribution in [2.45, 2.75) is 24.9 Å². The third-order valence-corrected chi connectivity index (χ3v) is 5.06. The molecule has 0 aliphatic carbocycles. The Kier molecular flexibility index (Phi) is 3.03. The van der Waals surface area contributed by atoms with Crippen LogP contribution in [0.3, 0.4) is 0 Å². The molecule has 1 aromatic carbocycles. The van der Waals surface area contributed by atoms with Gasteiger partial charge >= 0.3 is 0 Å². The van der Waals surface area contributed by atoms with Crippen LogP contribution < -0.4 is 0 Å². The third-order valence-electron chi connectivity index (χ3n) is 3.41. The lowest BCUT2D eigenvalue weighted by atomic mass is 10.2. The van der Waals surface area contributed by atoms with Gasteiger partial charge in [-0.15, -0.1) is 11.8 Å². The van der Waals surface area contributed by atoms with E-state index in [1.807, 2.05) is 30.3 Å². The first-order chi connectivity index (χ1) is 8.68. The zero-order chi connectivity index (χ0) is 12.7. The summed E-state index contributed by atoms with van der Waals surface area (Å²) in [7, 11) is 0. The summed E-state index contributed by atoms with van der Waals surface area (Å²) in [4.78, 5) is 16.1. The molecule has 2 heterocycles. The van der Waals surface area contributed by atoms with Gasteiger partial charge in [-0.1, -0.05) is 30.3 Å². The summed E-state index contributed by atoms with van der Waals surface area (Å²) in [6.45, 7) is 2.69. The lowest BCUT2D eigenvalue weighted by molar-refractivity contribution is -0.127. The first kappa shape index (κ1) is 12.0. The molecule has 3 nitrogen and oxygen atoms in total. The van der Waals surface area contributed by atoms with E-state index in [1.54, 1.807) is 16.7 Å². The molecule has 1 amide bonds. The number of hydrogen-bond acceptors (Lipinski definition) is 3. The molecule has 2 fully saturated rings. The highest BCUT2D eigenvalue weighted by atomic mass is 32.2. The second-order valence-corrected chi connectivity index (χ2v) is 6.26. The summed E-state index contributed by atoms with van der Waals surface area (Å²) in [5.74, 6) is 1.01. The van der Waals surface area contributed by atoms with Gasteiger partial charge in [0.1, 0.15) is 6.04 Å². The summed E-state index contributed by atoms with van der Waals surface area (Å²) in [5.41, 5.74) is 1.12. The van der Waals surface area contributed by atoms with Gasteiger partial charge in [0.05, 0.1) is 11.9 Å². The monoisotopic (exact) mass is 278 g/mol. The van der Waals surface area contributed by atoms with E-state index >= 15 is 0 Å². The molecular weight excluding hydrogens is 264 g/mol. The van der Waals surface area contributed by atoms with Gasteiger partial charge < -0.3 is 4.90 Å². The van der Waals surface area contributed by atoms with E-state index in [9.17, 15) is 4.79 Å². The Balaban J connectivity index is 1.82. The Morgan fingerprint density at radius 1 is 1.39 bits per heavy atom. The van der Waals surface area contributed by atoms with E-state index in [0.717, 1.165) is 11.3 Å². The van der Waals surface area contributed by atoms with Crippen molar-refractivity contribution in [2.24, 2.45) is 0 Å². The molecule has 0 radical (unpaired) electrons. The summed E-state index contributed by atoms with van der Waals surface area (Å²) >= 11 is 7.25. The maximum atomic E-state index is 12.3. The molecule has 0 spiro atoms. The molecular formula is C13H14N2OS2. The van der Waals surface area contributed by atoms with E-state index in [2.05, 4.69) is 11.8 Å². The van der Waals surface area contributed by atoms with Gasteiger partial charge in [0.15, 0.2) is 5.11 Å². The molecule has 0 N–H and O–H groups in total. The van der Waals surface area contributed by atoms with Crippen LogP contribution in [0.2, 0.25) is 0 Å². The van der Waals surface area contributed by atoms with Gasteiger partial charge in [-0.2, -0.15) is 0 Å². The quantitative estimate of drug-likeness (QED) is 0.773. The Morgan fingerprint density at radius 2 is 2.11 bits per heavy atom. The van der Waals surface area contributed by atoms with Crippen molar-refractivity contribution >= 4 is 35.0 Å². The van der Waals surface area contributed by atoms with E-state index < -0.39 is 0 Å². The van der Waals surface area contributed by atoms with Crippen molar-refractivity contribution in [3.05, 3.63) is 35.9 Å². The fraction of sp³-hybridized carbons (Fsp3) is 0.385. The maximum Gasteiger partial charge on any atom is 0.252 e. The number of hydrogen-bond donors (Lipinski definition) is 0. The molecule has 5 heteroatoms. The van der Waals surface area contributed by atoms with Gasteiger partial charge in [0, 0.05) is 5.75 Å². The second kappa shape index (κ2) is 4.55. The van der Waals surface area contributed by atoms with Crippen LogP contribution in [-0.4, -0.2) is 38.0 Å². The van der Waals surface area contributed by atoms with Crippen molar-refractivity contribution in [1.29, 1.82) is 0 Å². The average Bonchev–Trinajstić information content (AvgIpc) is 2.87. The number of nitrogens with zero attached hydrogens (tertiary/aromatic N) is 2. The first-order valence-electron chi connectivity index (χ1n) is 5.97. The number of benzene rings is 1. The van der Waals surface area contributed by atoms with Crippen LogP contribution in [-0.2, 0) is 11.3 Å². The van der Waals surface area contributed by atoms with Gasteiger partial charge in [-0.3, -0.25) is 9.69 Å². The zero-order valence-electron chi connectivity index (χ0n) is 10.1. The number of rotatable bonds is 2. The first-order valence-corrected chi connectivity index (χ1v) is 7.43. The van der Waals surface area contributed by atoms with Gasteiger partial charge in [-0.25, -0.2) is 0 Å². The molecule has 2 saturated heterocycles. The topological polar surface area (TPSA) is 23.6 Å². The predicted molar refractivity (Wildman–Crippen MR) is 77.1 cm³/mol. The lowest BCUT2D eigenvalue weighted by Crippen LogP contribution is -2.35. The van der Waals surface area contributed by atoms with Crippen LogP contribution in [0.4, 0.5) is 0 Å². The molecule has 3 rings (SSSR count). The molecule has 1 unspecified atom stereocenters. The van der Waals surface area contributed by atoms with Crippen LogP contribution in [0.15, 0.2) is 30.3 Å². The fourth-order valence-electron chi connectivity index (χ4n) is 2.45. The van der Waals surface area contributed by atoms with E-state index in [0.29, 0.717) is 17.0 Å². The van der Waals surface area contributed by atoms with Crippen molar-refractivity contribution < 1.29 is 4.79 Å². The summed E-state index contributed by atoms with van der Waals surface area (Å²) in [6.07, 6.45) is 0. The Morgan fingerprint density at radius 3 is 2.78 bits per heavy atom. The minimum Gasteiger partial charge on any atom is -0.324 e. The number of thiocarbonyl (C=S) groups is 1. The summed E-state index contributed by atoms with van der Waals surface area (Å²) < 4.78 is 0. The highest BCUT2D eigenvalue weighted by molar-refractivity contribution is 8.00. The van der Waals surface area contributed by atoms with Crippen LogP contribution >= 0.6 is 24.0 Å². The molecule has 2 aliphatic rings.